The first-order valence-corrected chi connectivity index (χ1v) is 16.8. The molecule has 0 aliphatic heterocycles. The third-order valence-electron chi connectivity index (χ3n) is 9.00. The number of benzene rings is 5. The van der Waals surface area contributed by atoms with Crippen LogP contribution in [0.25, 0.3) is 6.08 Å². The molecule has 52 heavy (non-hydrogen) atoms. The molecule has 5 aromatic carbocycles. The van der Waals surface area contributed by atoms with Gasteiger partial charge in [0.15, 0.2) is 34.3 Å². The molecule has 0 unspecified atom stereocenters. The van der Waals surface area contributed by atoms with Crippen LogP contribution in [0.1, 0.15) is 40.7 Å². The molecule has 0 bridgehead atoms. The number of hydrogen-bond acceptors (Lipinski definition) is 8. The van der Waals surface area contributed by atoms with Gasteiger partial charge in [-0.05, 0) is 71.0 Å². The largest absolute Gasteiger partial charge is 0.504 e. The summed E-state index contributed by atoms with van der Waals surface area (Å²) in [6.07, 6.45) is 2.46. The van der Waals surface area contributed by atoms with Crippen LogP contribution < -0.4 is 16.0 Å². The Bertz CT molecular complexity index is 1940. The van der Waals surface area contributed by atoms with E-state index >= 15 is 0 Å². The van der Waals surface area contributed by atoms with Crippen molar-refractivity contribution in [3.8, 4) is 23.0 Å². The Morgan fingerprint density at radius 3 is 1.67 bits per heavy atom. The van der Waals surface area contributed by atoms with Crippen molar-refractivity contribution in [1.29, 1.82) is 0 Å². The highest BCUT2D eigenvalue weighted by Gasteiger charge is 2.51. The maximum absolute atomic E-state index is 14.9. The lowest BCUT2D eigenvalue weighted by Crippen LogP contribution is -2.68. The SMILES string of the molecule is CNC(=O)CC[C@@](NC(c1ccccc1)(c1ccccc1)c1ccccc1)(C(=O)C=Cc1ccc(O)c(O)c1)C(=O)NCCc1ccc(O)c(O)c1. The van der Waals surface area contributed by atoms with E-state index in [1.54, 1.807) is 6.07 Å². The molecule has 266 valence electrons. The number of carbonyl (C=O) groups excluding carboxylic acids is 3. The fraction of sp³-hybridized carbons (Fsp3) is 0.167. The third-order valence-corrected chi connectivity index (χ3v) is 9.00. The predicted molar refractivity (Wildman–Crippen MR) is 199 cm³/mol. The zero-order valence-electron chi connectivity index (χ0n) is 28.6. The van der Waals surface area contributed by atoms with Gasteiger partial charge in [-0.15, -0.1) is 0 Å². The first-order valence-electron chi connectivity index (χ1n) is 16.8. The number of aromatic hydroxyl groups is 4. The number of amides is 2. The smallest absolute Gasteiger partial charge is 0.248 e. The van der Waals surface area contributed by atoms with Crippen LogP contribution in [0.5, 0.6) is 23.0 Å². The van der Waals surface area contributed by atoms with Gasteiger partial charge in [0.05, 0.1) is 5.54 Å². The number of hydrogen-bond donors (Lipinski definition) is 7. The van der Waals surface area contributed by atoms with E-state index in [1.807, 2.05) is 91.0 Å². The molecular formula is C42H41N3O7. The Morgan fingerprint density at radius 2 is 1.17 bits per heavy atom. The fourth-order valence-electron chi connectivity index (χ4n) is 6.21. The van der Waals surface area contributed by atoms with Crippen molar-refractivity contribution in [3.63, 3.8) is 0 Å². The van der Waals surface area contributed by atoms with E-state index in [0.29, 0.717) is 11.1 Å². The predicted octanol–water partition coefficient (Wildman–Crippen LogP) is 5.30. The lowest BCUT2D eigenvalue weighted by Gasteiger charge is -2.44. The summed E-state index contributed by atoms with van der Waals surface area (Å²) in [5, 5.41) is 48.8. The summed E-state index contributed by atoms with van der Waals surface area (Å²) in [5.41, 5.74) is -0.201. The molecule has 0 aliphatic carbocycles. The zero-order chi connectivity index (χ0) is 37.1. The van der Waals surface area contributed by atoms with Gasteiger partial charge in [0.1, 0.15) is 0 Å². The van der Waals surface area contributed by atoms with Crippen molar-refractivity contribution in [2.24, 2.45) is 0 Å². The van der Waals surface area contributed by atoms with Crippen LogP contribution in [0.15, 0.2) is 133 Å². The van der Waals surface area contributed by atoms with E-state index in [2.05, 4.69) is 16.0 Å². The molecule has 7 N–H and O–H groups in total. The molecule has 5 aromatic rings. The van der Waals surface area contributed by atoms with Crippen molar-refractivity contribution >= 4 is 23.7 Å². The highest BCUT2D eigenvalue weighted by molar-refractivity contribution is 6.17. The van der Waals surface area contributed by atoms with Gasteiger partial charge in [-0.25, -0.2) is 0 Å². The molecule has 0 saturated heterocycles. The molecule has 10 nitrogen and oxygen atoms in total. The maximum atomic E-state index is 14.9. The molecule has 0 fully saturated rings. The number of ketones is 1. The molecule has 0 heterocycles. The van der Waals surface area contributed by atoms with Gasteiger partial charge < -0.3 is 31.1 Å². The number of phenolic OH excluding ortho intramolecular Hbond substituents is 4. The van der Waals surface area contributed by atoms with Crippen molar-refractivity contribution < 1.29 is 34.8 Å². The minimum Gasteiger partial charge on any atom is -0.504 e. The van der Waals surface area contributed by atoms with Gasteiger partial charge in [0, 0.05) is 20.0 Å². The van der Waals surface area contributed by atoms with Gasteiger partial charge in [-0.2, -0.15) is 0 Å². The molecule has 0 radical (unpaired) electrons. The second-order valence-corrected chi connectivity index (χ2v) is 12.3. The molecule has 2 amide bonds. The van der Waals surface area contributed by atoms with E-state index in [9.17, 15) is 34.8 Å². The first-order chi connectivity index (χ1) is 25.1. The molecule has 5 rings (SSSR count). The van der Waals surface area contributed by atoms with E-state index < -0.39 is 22.8 Å². The average Bonchev–Trinajstić information content (AvgIpc) is 3.17. The molecule has 0 aliphatic rings. The highest BCUT2D eigenvalue weighted by Crippen LogP contribution is 2.40. The molecule has 10 heteroatoms. The van der Waals surface area contributed by atoms with Crippen molar-refractivity contribution in [2.75, 3.05) is 13.6 Å². The van der Waals surface area contributed by atoms with Crippen LogP contribution in [0.4, 0.5) is 0 Å². The van der Waals surface area contributed by atoms with Gasteiger partial charge in [0.2, 0.25) is 11.8 Å². The van der Waals surface area contributed by atoms with E-state index in [-0.39, 0.29) is 54.7 Å². The maximum Gasteiger partial charge on any atom is 0.248 e. The summed E-state index contributed by atoms with van der Waals surface area (Å²) in [6.45, 7) is 0.0459. The van der Waals surface area contributed by atoms with E-state index in [0.717, 1.165) is 16.7 Å². The summed E-state index contributed by atoms with van der Waals surface area (Å²) in [7, 11) is 1.48. The zero-order valence-corrected chi connectivity index (χ0v) is 28.6. The standard InChI is InChI=1S/C42H41N3O7/c1-43-39(51)23-25-41(38(50)22-19-29-17-20-34(46)36(48)27-29,40(52)44-26-24-30-18-21-35(47)37(49)28-30)45-42(31-11-5-2-6-12-31,32-13-7-3-8-14-32)33-15-9-4-10-16-33/h2-22,27-28,45-49H,23-26H2,1H3,(H,43,51)(H,44,52)/t41-/m1/s1. The molecule has 0 saturated carbocycles. The minimum absolute atomic E-state index is 0.0459. The quantitative estimate of drug-likeness (QED) is 0.0335. The number of rotatable bonds is 15. The second-order valence-electron chi connectivity index (χ2n) is 12.3. The summed E-state index contributed by atoms with van der Waals surface area (Å²) in [5.74, 6) is -3.04. The van der Waals surface area contributed by atoms with Crippen molar-refractivity contribution in [1.82, 2.24) is 16.0 Å². The van der Waals surface area contributed by atoms with E-state index in [1.165, 1.54) is 49.5 Å². The Morgan fingerprint density at radius 1 is 0.654 bits per heavy atom. The van der Waals surface area contributed by atoms with Crippen LogP contribution >= 0.6 is 0 Å². The fourth-order valence-corrected chi connectivity index (χ4v) is 6.21. The van der Waals surface area contributed by atoms with Gasteiger partial charge >= 0.3 is 0 Å². The monoisotopic (exact) mass is 699 g/mol. The van der Waals surface area contributed by atoms with Crippen LogP contribution in [-0.4, -0.2) is 57.2 Å². The summed E-state index contributed by atoms with van der Waals surface area (Å²) >= 11 is 0. The second kappa shape index (κ2) is 16.5. The number of phenols is 4. The Balaban J connectivity index is 1.70. The first kappa shape index (κ1) is 36.9. The normalized spacial score (nSPS) is 12.6. The van der Waals surface area contributed by atoms with Gasteiger partial charge in [0.25, 0.3) is 0 Å². The average molecular weight is 700 g/mol. The Kier molecular flexibility index (Phi) is 11.7. The van der Waals surface area contributed by atoms with Gasteiger partial charge in [-0.3, -0.25) is 19.7 Å². The Hall–Kier alpha value is -6.39. The summed E-state index contributed by atoms with van der Waals surface area (Å²) in [6, 6.07) is 36.7. The minimum atomic E-state index is -2.08. The Labute approximate surface area is 302 Å². The highest BCUT2D eigenvalue weighted by atomic mass is 16.3. The number of nitrogens with one attached hydrogen (secondary N) is 3. The van der Waals surface area contributed by atoms with E-state index in [4.69, 9.17) is 0 Å². The molecular weight excluding hydrogens is 658 g/mol. The number of carbonyl (C=O) groups is 3. The summed E-state index contributed by atoms with van der Waals surface area (Å²) < 4.78 is 0. The van der Waals surface area contributed by atoms with Crippen molar-refractivity contribution in [2.45, 2.75) is 30.3 Å². The van der Waals surface area contributed by atoms with Crippen LogP contribution in [0.2, 0.25) is 0 Å². The summed E-state index contributed by atoms with van der Waals surface area (Å²) in [4.78, 5) is 42.7. The van der Waals surface area contributed by atoms with Crippen molar-refractivity contribution in [3.05, 3.63) is 161 Å². The van der Waals surface area contributed by atoms with Crippen LogP contribution in [-0.2, 0) is 26.3 Å². The van der Waals surface area contributed by atoms with Gasteiger partial charge in [-0.1, -0.05) is 109 Å². The molecule has 0 spiro atoms. The molecule has 1 atom stereocenters. The molecule has 0 aromatic heterocycles. The topological polar surface area (TPSA) is 168 Å². The lowest BCUT2D eigenvalue weighted by atomic mass is 9.73. The third kappa shape index (κ3) is 8.14. The lowest BCUT2D eigenvalue weighted by molar-refractivity contribution is -0.137. The van der Waals surface area contributed by atoms with Crippen LogP contribution in [0.3, 0.4) is 0 Å². The van der Waals surface area contributed by atoms with Crippen LogP contribution in [0, 0.1) is 0 Å².